The van der Waals surface area contributed by atoms with E-state index in [1.54, 1.807) is 0 Å². The summed E-state index contributed by atoms with van der Waals surface area (Å²) in [7, 11) is 0. The predicted molar refractivity (Wildman–Crippen MR) is 93.9 cm³/mol. The van der Waals surface area contributed by atoms with E-state index in [1.807, 2.05) is 0 Å². The molecule has 6 nitrogen and oxygen atoms in total. The van der Waals surface area contributed by atoms with Gasteiger partial charge in [-0.2, -0.15) is 13.2 Å². The van der Waals surface area contributed by atoms with Crippen LogP contribution in [0.1, 0.15) is 22.0 Å². The molecule has 0 aliphatic carbocycles. The minimum atomic E-state index is -5.36. The second-order valence-electron chi connectivity index (χ2n) is 6.07. The van der Waals surface area contributed by atoms with Gasteiger partial charge >= 0.3 is 12.2 Å². The summed E-state index contributed by atoms with van der Waals surface area (Å²) in [4.78, 5) is 28.6. The van der Waals surface area contributed by atoms with Gasteiger partial charge < -0.3 is 15.7 Å². The van der Waals surface area contributed by atoms with E-state index >= 15 is 0 Å². The molecule has 3 atom stereocenters. The summed E-state index contributed by atoms with van der Waals surface area (Å²) < 4.78 is 41.3. The number of benzene rings is 1. The van der Waals surface area contributed by atoms with Crippen molar-refractivity contribution in [3.63, 3.8) is 0 Å². The summed E-state index contributed by atoms with van der Waals surface area (Å²) in [6.07, 6.45) is -2.97. The molecule has 3 rings (SSSR count). The SMILES string of the molecule is O=C1N[C@@H](c2cccc(Cl)c2Cl)[C@H](C(=O)c2cccnc2)[C@](O)(C(F)(F)F)N1. The summed E-state index contributed by atoms with van der Waals surface area (Å²) in [6.45, 7) is 0. The molecule has 148 valence electrons. The lowest BCUT2D eigenvalue weighted by atomic mass is 9.77. The van der Waals surface area contributed by atoms with Crippen LogP contribution >= 0.6 is 23.2 Å². The smallest absolute Gasteiger partial charge is 0.363 e. The molecule has 1 aromatic carbocycles. The molecule has 1 fully saturated rings. The van der Waals surface area contributed by atoms with E-state index in [-0.39, 0.29) is 21.2 Å². The van der Waals surface area contributed by atoms with Crippen molar-refractivity contribution in [1.82, 2.24) is 15.6 Å². The van der Waals surface area contributed by atoms with Gasteiger partial charge in [-0.05, 0) is 23.8 Å². The van der Waals surface area contributed by atoms with Crippen molar-refractivity contribution in [2.45, 2.75) is 17.9 Å². The largest absolute Gasteiger partial charge is 0.437 e. The van der Waals surface area contributed by atoms with Gasteiger partial charge in [0.15, 0.2) is 5.78 Å². The molecule has 2 heterocycles. The lowest BCUT2D eigenvalue weighted by Gasteiger charge is -2.45. The van der Waals surface area contributed by atoms with Crippen LogP contribution in [0.5, 0.6) is 0 Å². The number of nitrogens with one attached hydrogen (secondary N) is 2. The van der Waals surface area contributed by atoms with E-state index in [9.17, 15) is 27.9 Å². The van der Waals surface area contributed by atoms with Gasteiger partial charge in [0.1, 0.15) is 5.92 Å². The quantitative estimate of drug-likeness (QED) is 0.646. The molecule has 0 bridgehead atoms. The van der Waals surface area contributed by atoms with Crippen molar-refractivity contribution in [2.24, 2.45) is 5.92 Å². The molecule has 11 heteroatoms. The Bertz CT molecular complexity index is 927. The van der Waals surface area contributed by atoms with Crippen molar-refractivity contribution >= 4 is 35.0 Å². The molecule has 0 saturated carbocycles. The molecule has 0 spiro atoms. The minimum absolute atomic E-state index is 0.00933. The number of aromatic nitrogens is 1. The van der Waals surface area contributed by atoms with E-state index in [4.69, 9.17) is 23.2 Å². The Morgan fingerprint density at radius 1 is 1.21 bits per heavy atom. The van der Waals surface area contributed by atoms with Crippen LogP contribution in [0.4, 0.5) is 18.0 Å². The zero-order valence-corrected chi connectivity index (χ0v) is 15.3. The molecule has 28 heavy (non-hydrogen) atoms. The van der Waals surface area contributed by atoms with E-state index in [1.165, 1.54) is 41.8 Å². The number of nitrogens with zero attached hydrogens (tertiary/aromatic N) is 1. The van der Waals surface area contributed by atoms with E-state index in [0.29, 0.717) is 0 Å². The first kappa shape index (κ1) is 20.4. The van der Waals surface area contributed by atoms with Crippen molar-refractivity contribution in [3.8, 4) is 0 Å². The van der Waals surface area contributed by atoms with Crippen LogP contribution in [-0.4, -0.2) is 33.8 Å². The molecule has 2 aromatic rings. The Kier molecular flexibility index (Phi) is 5.26. The number of amides is 2. The summed E-state index contributed by atoms with van der Waals surface area (Å²) >= 11 is 12.0. The standard InChI is InChI=1S/C17H12Cl2F3N3O3/c18-10-5-1-4-9(12(10)19)13-11(14(26)8-3-2-6-23-7-8)16(28,17(20,21)22)25-15(27)24-13/h1-7,11,13,28H,(H2,24,25,27)/t11-,13+,16+/m1/s1. The van der Waals surface area contributed by atoms with Crippen molar-refractivity contribution in [1.29, 1.82) is 0 Å². The number of hydrogen-bond acceptors (Lipinski definition) is 4. The Morgan fingerprint density at radius 2 is 1.93 bits per heavy atom. The average Bonchev–Trinajstić information content (AvgIpc) is 2.63. The van der Waals surface area contributed by atoms with Crippen molar-refractivity contribution < 1.29 is 27.9 Å². The van der Waals surface area contributed by atoms with Gasteiger partial charge in [-0.15, -0.1) is 0 Å². The van der Waals surface area contributed by atoms with Crippen LogP contribution in [-0.2, 0) is 0 Å². The van der Waals surface area contributed by atoms with E-state index < -0.39 is 35.7 Å². The third-order valence-corrected chi connectivity index (χ3v) is 5.18. The molecule has 1 aliphatic rings. The van der Waals surface area contributed by atoms with Gasteiger partial charge in [0.2, 0.25) is 5.72 Å². The number of carbonyl (C=O) groups excluding carboxylic acids is 2. The van der Waals surface area contributed by atoms with Crippen LogP contribution in [0.15, 0.2) is 42.7 Å². The molecule has 1 aliphatic heterocycles. The Labute approximate surface area is 166 Å². The van der Waals surface area contributed by atoms with Crippen molar-refractivity contribution in [2.75, 3.05) is 0 Å². The fraction of sp³-hybridized carbons (Fsp3) is 0.235. The minimum Gasteiger partial charge on any atom is -0.363 e. The summed E-state index contributed by atoms with van der Waals surface area (Å²) in [5, 5.41) is 14.0. The van der Waals surface area contributed by atoms with E-state index in [0.717, 1.165) is 6.20 Å². The number of carbonyl (C=O) groups is 2. The Morgan fingerprint density at radius 3 is 2.54 bits per heavy atom. The maximum Gasteiger partial charge on any atom is 0.437 e. The first-order valence-electron chi connectivity index (χ1n) is 7.82. The normalized spacial score (nSPS) is 25.0. The molecule has 3 N–H and O–H groups in total. The monoisotopic (exact) mass is 433 g/mol. The fourth-order valence-corrected chi connectivity index (χ4v) is 3.47. The maximum atomic E-state index is 13.8. The molecule has 0 radical (unpaired) electrons. The van der Waals surface area contributed by atoms with E-state index in [2.05, 4.69) is 10.3 Å². The summed E-state index contributed by atoms with van der Waals surface area (Å²) in [5.41, 5.74) is -4.08. The average molecular weight is 434 g/mol. The van der Waals surface area contributed by atoms with Gasteiger partial charge in [0.05, 0.1) is 16.1 Å². The van der Waals surface area contributed by atoms with Crippen LogP contribution in [0.2, 0.25) is 10.0 Å². The van der Waals surface area contributed by atoms with Gasteiger partial charge in [0.25, 0.3) is 0 Å². The maximum absolute atomic E-state index is 13.8. The molecule has 1 saturated heterocycles. The van der Waals surface area contributed by atoms with Crippen LogP contribution < -0.4 is 10.6 Å². The second-order valence-corrected chi connectivity index (χ2v) is 6.85. The van der Waals surface area contributed by atoms with Crippen LogP contribution in [0.3, 0.4) is 0 Å². The zero-order valence-electron chi connectivity index (χ0n) is 13.8. The van der Waals surface area contributed by atoms with Gasteiger partial charge in [0, 0.05) is 18.0 Å². The Hall–Kier alpha value is -2.36. The number of aliphatic hydroxyl groups is 1. The number of halogens is 5. The molecule has 1 aromatic heterocycles. The lowest BCUT2D eigenvalue weighted by Crippen LogP contribution is -2.72. The van der Waals surface area contributed by atoms with Gasteiger partial charge in [-0.3, -0.25) is 9.78 Å². The number of pyridine rings is 1. The molecular formula is C17H12Cl2F3N3O3. The topological polar surface area (TPSA) is 91.3 Å². The molecule has 0 unspecified atom stereocenters. The predicted octanol–water partition coefficient (Wildman–Crippen LogP) is 3.49. The second kappa shape index (κ2) is 7.23. The highest BCUT2D eigenvalue weighted by molar-refractivity contribution is 6.42. The molecule has 2 amide bonds. The van der Waals surface area contributed by atoms with Gasteiger partial charge in [-0.1, -0.05) is 35.3 Å². The number of urea groups is 1. The third kappa shape index (κ3) is 3.41. The third-order valence-electron chi connectivity index (χ3n) is 4.35. The van der Waals surface area contributed by atoms with Crippen LogP contribution in [0, 0.1) is 5.92 Å². The number of hydrogen-bond donors (Lipinski definition) is 3. The summed E-state index contributed by atoms with van der Waals surface area (Å²) in [6, 6.07) is 3.77. The van der Waals surface area contributed by atoms with Gasteiger partial charge in [-0.25, -0.2) is 4.79 Å². The number of alkyl halides is 3. The lowest BCUT2D eigenvalue weighted by molar-refractivity contribution is -0.287. The molecular weight excluding hydrogens is 422 g/mol. The first-order chi connectivity index (χ1) is 13.1. The van der Waals surface area contributed by atoms with Crippen molar-refractivity contribution in [3.05, 3.63) is 63.9 Å². The first-order valence-corrected chi connectivity index (χ1v) is 8.58. The highest BCUT2D eigenvalue weighted by Crippen LogP contribution is 2.45. The highest BCUT2D eigenvalue weighted by atomic mass is 35.5. The number of rotatable bonds is 3. The summed E-state index contributed by atoms with van der Waals surface area (Å²) in [5.74, 6) is -3.30. The number of ketones is 1. The highest BCUT2D eigenvalue weighted by Gasteiger charge is 2.66. The zero-order chi connectivity index (χ0) is 20.7. The number of Topliss-reactive ketones (excluding diaryl/α,β-unsaturated/α-hetero) is 1. The fourth-order valence-electron chi connectivity index (χ4n) is 3.05. The van der Waals surface area contributed by atoms with Crippen LogP contribution in [0.25, 0.3) is 0 Å². The Balaban J connectivity index is 2.22.